The number of sulfonamides is 1. The largest absolute Gasteiger partial charge is 0.282 e. The molecule has 0 bridgehead atoms. The molecule has 0 radical (unpaired) electrons. The highest BCUT2D eigenvalue weighted by Gasteiger charge is 2.39. The number of carbonyl (C=O) groups is 1. The second-order valence-electron chi connectivity index (χ2n) is 7.36. The van der Waals surface area contributed by atoms with Gasteiger partial charge in [-0.05, 0) is 43.0 Å². The van der Waals surface area contributed by atoms with Gasteiger partial charge >= 0.3 is 0 Å². The van der Waals surface area contributed by atoms with Gasteiger partial charge in [0.25, 0.3) is 0 Å². The summed E-state index contributed by atoms with van der Waals surface area (Å²) in [6, 6.07) is 6.65. The lowest BCUT2D eigenvalue weighted by atomic mass is 10.2. The van der Waals surface area contributed by atoms with Gasteiger partial charge in [-0.3, -0.25) is 14.7 Å². The minimum atomic E-state index is -3.49. The van der Waals surface area contributed by atoms with Crippen LogP contribution in [0.5, 0.6) is 0 Å². The molecule has 4 rings (SSSR count). The lowest BCUT2D eigenvalue weighted by Crippen LogP contribution is -2.47. The minimum Gasteiger partial charge on any atom is -0.282 e. The maximum absolute atomic E-state index is 13.6. The fourth-order valence-electron chi connectivity index (χ4n) is 3.68. The fourth-order valence-corrected chi connectivity index (χ4v) is 6.12. The van der Waals surface area contributed by atoms with Gasteiger partial charge in [0.2, 0.25) is 15.9 Å². The summed E-state index contributed by atoms with van der Waals surface area (Å²) in [6.07, 6.45) is 5.63. The van der Waals surface area contributed by atoms with Gasteiger partial charge in [-0.1, -0.05) is 35.1 Å². The maximum atomic E-state index is 13.6. The molecular weight excluding hydrogens is 444 g/mol. The van der Waals surface area contributed by atoms with Gasteiger partial charge in [-0.2, -0.15) is 4.31 Å². The quantitative estimate of drug-likeness (QED) is 0.576. The molecule has 1 aliphatic heterocycles. The predicted octanol–water partition coefficient (Wildman–Crippen LogP) is 3.61. The Morgan fingerprint density at radius 3 is 2.83 bits per heavy atom. The normalized spacial score (nSPS) is 17.5. The Morgan fingerprint density at radius 2 is 2.17 bits per heavy atom. The van der Waals surface area contributed by atoms with Gasteiger partial charge in [-0.15, -0.1) is 0 Å². The number of aryl methyl sites for hydroxylation is 1. The van der Waals surface area contributed by atoms with Crippen LogP contribution in [0.2, 0.25) is 5.02 Å². The number of carbonyl (C=O) groups excluding carboxylic acids is 1. The molecule has 0 N–H and O–H groups in total. The number of fused-ring (bicyclic) bond motifs is 1. The summed E-state index contributed by atoms with van der Waals surface area (Å²) in [5, 5.41) is 1.07. The van der Waals surface area contributed by atoms with E-state index in [2.05, 4.69) is 4.98 Å². The molecule has 1 fully saturated rings. The van der Waals surface area contributed by atoms with E-state index in [4.69, 9.17) is 16.6 Å². The van der Waals surface area contributed by atoms with E-state index in [1.54, 1.807) is 23.4 Å². The SMILES string of the molecule is Cc1ccc(Cl)c2sc(N(Cc3cccnc3)C(=O)C3CCCN3S(C)(=O)=O)nc12. The minimum absolute atomic E-state index is 0.247. The predicted molar refractivity (Wildman–Crippen MR) is 119 cm³/mol. The number of nitrogens with zero attached hydrogens (tertiary/aromatic N) is 4. The summed E-state index contributed by atoms with van der Waals surface area (Å²) < 4.78 is 26.5. The molecule has 2 aromatic heterocycles. The average molecular weight is 465 g/mol. The van der Waals surface area contributed by atoms with E-state index in [-0.39, 0.29) is 12.5 Å². The van der Waals surface area contributed by atoms with Crippen LogP contribution in [0.3, 0.4) is 0 Å². The monoisotopic (exact) mass is 464 g/mol. The number of aromatic nitrogens is 2. The molecule has 3 aromatic rings. The molecule has 0 spiro atoms. The fraction of sp³-hybridized carbons (Fsp3) is 0.350. The number of rotatable bonds is 5. The molecule has 1 aromatic carbocycles. The third kappa shape index (κ3) is 4.07. The molecule has 7 nitrogen and oxygen atoms in total. The van der Waals surface area contributed by atoms with E-state index in [9.17, 15) is 13.2 Å². The molecule has 0 saturated carbocycles. The van der Waals surface area contributed by atoms with Crippen molar-refractivity contribution in [2.45, 2.75) is 32.4 Å². The zero-order valence-electron chi connectivity index (χ0n) is 16.6. The number of thiazole rings is 1. The number of benzene rings is 1. The average Bonchev–Trinajstić information content (AvgIpc) is 3.37. The van der Waals surface area contributed by atoms with Crippen molar-refractivity contribution in [3.63, 3.8) is 0 Å². The third-order valence-electron chi connectivity index (χ3n) is 5.16. The molecule has 1 saturated heterocycles. The Labute approximate surface area is 184 Å². The molecule has 1 aliphatic rings. The van der Waals surface area contributed by atoms with Gasteiger partial charge in [0.1, 0.15) is 6.04 Å². The number of hydrogen-bond donors (Lipinski definition) is 0. The first-order valence-corrected chi connectivity index (χ1v) is 12.5. The number of amides is 1. The molecule has 30 heavy (non-hydrogen) atoms. The van der Waals surface area contributed by atoms with Gasteiger partial charge in [0.15, 0.2) is 5.13 Å². The first-order chi connectivity index (χ1) is 14.3. The Morgan fingerprint density at radius 1 is 1.37 bits per heavy atom. The number of pyridine rings is 1. The second-order valence-corrected chi connectivity index (χ2v) is 10.7. The lowest BCUT2D eigenvalue weighted by molar-refractivity contribution is -0.121. The maximum Gasteiger partial charge on any atom is 0.247 e. The van der Waals surface area contributed by atoms with Gasteiger partial charge in [0.05, 0.1) is 28.0 Å². The number of halogens is 1. The number of hydrogen-bond acceptors (Lipinski definition) is 6. The molecule has 3 heterocycles. The second kappa shape index (κ2) is 8.22. The van der Waals surface area contributed by atoms with Gasteiger partial charge in [0, 0.05) is 18.9 Å². The van der Waals surface area contributed by atoms with Crippen LogP contribution >= 0.6 is 22.9 Å². The zero-order chi connectivity index (χ0) is 21.5. The Bertz CT molecular complexity index is 1160. The zero-order valence-corrected chi connectivity index (χ0v) is 19.0. The molecule has 0 aliphatic carbocycles. The van der Waals surface area contributed by atoms with Crippen molar-refractivity contribution < 1.29 is 13.2 Å². The van der Waals surface area contributed by atoms with Crippen molar-refractivity contribution >= 4 is 54.2 Å². The van der Waals surface area contributed by atoms with Crippen molar-refractivity contribution in [1.29, 1.82) is 0 Å². The van der Waals surface area contributed by atoms with Crippen molar-refractivity contribution in [2.24, 2.45) is 0 Å². The molecule has 1 atom stereocenters. The van der Waals surface area contributed by atoms with Crippen molar-refractivity contribution in [3.05, 3.63) is 52.8 Å². The van der Waals surface area contributed by atoms with E-state index in [0.717, 1.165) is 27.6 Å². The Hall–Kier alpha value is -2.07. The smallest absolute Gasteiger partial charge is 0.247 e. The van der Waals surface area contributed by atoms with Gasteiger partial charge in [-0.25, -0.2) is 13.4 Å². The highest BCUT2D eigenvalue weighted by Crippen LogP contribution is 2.37. The van der Waals surface area contributed by atoms with Gasteiger partial charge < -0.3 is 0 Å². The van der Waals surface area contributed by atoms with E-state index >= 15 is 0 Å². The first-order valence-electron chi connectivity index (χ1n) is 9.48. The Kier molecular flexibility index (Phi) is 5.80. The summed E-state index contributed by atoms with van der Waals surface area (Å²) in [5.41, 5.74) is 2.54. The van der Waals surface area contributed by atoms with Crippen molar-refractivity contribution in [2.75, 3.05) is 17.7 Å². The summed E-state index contributed by atoms with van der Waals surface area (Å²) >= 11 is 7.70. The summed E-state index contributed by atoms with van der Waals surface area (Å²) in [6.45, 7) is 2.54. The van der Waals surface area contributed by atoms with Crippen LogP contribution in [0.15, 0.2) is 36.7 Å². The Balaban J connectivity index is 1.78. The standard InChI is InChI=1S/C20H21ClN4O3S2/c1-13-7-8-15(21)18-17(13)23-20(29-18)24(12-14-5-3-9-22-11-14)19(26)16-6-4-10-25(16)30(2,27)28/h3,5,7-9,11,16H,4,6,10,12H2,1-2H3. The molecular formula is C20H21ClN4O3S2. The molecule has 1 amide bonds. The highest BCUT2D eigenvalue weighted by molar-refractivity contribution is 7.88. The molecule has 158 valence electrons. The highest BCUT2D eigenvalue weighted by atomic mass is 35.5. The van der Waals surface area contributed by atoms with E-state index in [0.29, 0.717) is 29.5 Å². The third-order valence-corrected chi connectivity index (χ3v) is 7.99. The lowest BCUT2D eigenvalue weighted by Gasteiger charge is -2.27. The topological polar surface area (TPSA) is 83.5 Å². The van der Waals surface area contributed by atoms with E-state index in [1.165, 1.54) is 15.6 Å². The molecule has 10 heteroatoms. The van der Waals surface area contributed by atoms with Crippen LogP contribution in [-0.4, -0.2) is 47.4 Å². The van der Waals surface area contributed by atoms with Crippen LogP contribution in [0.25, 0.3) is 10.2 Å². The number of anilines is 1. The summed E-state index contributed by atoms with van der Waals surface area (Å²) in [5.74, 6) is -0.283. The van der Waals surface area contributed by atoms with Crippen LogP contribution in [-0.2, 0) is 21.4 Å². The van der Waals surface area contributed by atoms with Crippen LogP contribution in [0.1, 0.15) is 24.0 Å². The summed E-state index contributed by atoms with van der Waals surface area (Å²) in [4.78, 5) is 24.0. The molecule has 1 unspecified atom stereocenters. The summed E-state index contributed by atoms with van der Waals surface area (Å²) in [7, 11) is -3.49. The van der Waals surface area contributed by atoms with Crippen molar-refractivity contribution in [1.82, 2.24) is 14.3 Å². The van der Waals surface area contributed by atoms with E-state index in [1.807, 2.05) is 25.1 Å². The van der Waals surface area contributed by atoms with E-state index < -0.39 is 16.1 Å². The van der Waals surface area contributed by atoms with Crippen LogP contribution < -0.4 is 4.90 Å². The van der Waals surface area contributed by atoms with Crippen LogP contribution in [0, 0.1) is 6.92 Å². The van der Waals surface area contributed by atoms with Crippen LogP contribution in [0.4, 0.5) is 5.13 Å². The van der Waals surface area contributed by atoms with Crippen molar-refractivity contribution in [3.8, 4) is 0 Å². The first kappa shape index (κ1) is 21.2.